The summed E-state index contributed by atoms with van der Waals surface area (Å²) in [6.07, 6.45) is 5.01. The van der Waals surface area contributed by atoms with Crippen molar-refractivity contribution in [2.24, 2.45) is 0 Å². The van der Waals surface area contributed by atoms with Crippen molar-refractivity contribution in [1.29, 1.82) is 0 Å². The minimum Gasteiger partial charge on any atom is -0.465 e. The Balaban J connectivity index is 1.44. The van der Waals surface area contributed by atoms with Crippen molar-refractivity contribution in [2.75, 3.05) is 38.2 Å². The zero-order chi connectivity index (χ0) is 18.4. The van der Waals surface area contributed by atoms with Crippen LogP contribution in [0.1, 0.15) is 23.2 Å². The molecule has 0 N–H and O–H groups in total. The molecule has 2 heterocycles. The Labute approximate surface area is 153 Å². The number of nitrogens with zero attached hydrogens (tertiary/aromatic N) is 4. The van der Waals surface area contributed by atoms with Crippen molar-refractivity contribution < 1.29 is 14.3 Å². The number of methoxy groups -OCH3 is 1. The van der Waals surface area contributed by atoms with E-state index >= 15 is 0 Å². The lowest BCUT2D eigenvalue weighted by Gasteiger charge is -2.36. The number of hydrogen-bond acceptors (Lipinski definition) is 5. The molecular formula is C19H24N4O3. The van der Waals surface area contributed by atoms with Crippen molar-refractivity contribution >= 4 is 17.6 Å². The molecule has 0 aliphatic carbocycles. The van der Waals surface area contributed by atoms with E-state index in [9.17, 15) is 9.59 Å². The minimum atomic E-state index is -0.331. The number of hydrogen-bond donors (Lipinski definition) is 0. The first-order valence-electron chi connectivity index (χ1n) is 8.86. The van der Waals surface area contributed by atoms with E-state index in [2.05, 4.69) is 10.00 Å². The fourth-order valence-electron chi connectivity index (χ4n) is 3.12. The lowest BCUT2D eigenvalue weighted by atomic mass is 10.1. The van der Waals surface area contributed by atoms with Crippen LogP contribution in [0.2, 0.25) is 0 Å². The number of esters is 1. The van der Waals surface area contributed by atoms with Gasteiger partial charge in [-0.25, -0.2) is 4.79 Å². The van der Waals surface area contributed by atoms with Gasteiger partial charge in [-0.15, -0.1) is 0 Å². The summed E-state index contributed by atoms with van der Waals surface area (Å²) < 4.78 is 6.57. The number of benzene rings is 1. The molecule has 0 unspecified atom stereocenters. The topological polar surface area (TPSA) is 67.7 Å². The van der Waals surface area contributed by atoms with Crippen molar-refractivity contribution in [1.82, 2.24) is 14.7 Å². The Morgan fingerprint density at radius 1 is 1.12 bits per heavy atom. The second kappa shape index (κ2) is 8.51. The van der Waals surface area contributed by atoms with Crippen LogP contribution in [0.15, 0.2) is 42.7 Å². The molecule has 0 atom stereocenters. The van der Waals surface area contributed by atoms with E-state index in [4.69, 9.17) is 4.74 Å². The first-order valence-corrected chi connectivity index (χ1v) is 8.86. The van der Waals surface area contributed by atoms with Gasteiger partial charge in [0.15, 0.2) is 0 Å². The van der Waals surface area contributed by atoms with Crippen molar-refractivity contribution in [3.05, 3.63) is 48.3 Å². The van der Waals surface area contributed by atoms with Crippen molar-refractivity contribution in [2.45, 2.75) is 19.4 Å². The van der Waals surface area contributed by atoms with Crippen LogP contribution in [0.25, 0.3) is 0 Å². The zero-order valence-electron chi connectivity index (χ0n) is 15.0. The van der Waals surface area contributed by atoms with Gasteiger partial charge in [0, 0.05) is 57.2 Å². The van der Waals surface area contributed by atoms with Crippen LogP contribution in [0.4, 0.5) is 5.69 Å². The minimum absolute atomic E-state index is 0.206. The van der Waals surface area contributed by atoms with Gasteiger partial charge in [0.1, 0.15) is 0 Å². The van der Waals surface area contributed by atoms with E-state index in [1.165, 1.54) is 7.11 Å². The van der Waals surface area contributed by atoms with Crippen LogP contribution in [0, 0.1) is 0 Å². The molecule has 7 heteroatoms. The average Bonchev–Trinajstić information content (AvgIpc) is 3.21. The van der Waals surface area contributed by atoms with Gasteiger partial charge in [0.05, 0.1) is 12.7 Å². The second-order valence-electron chi connectivity index (χ2n) is 6.28. The number of amides is 1. The maximum Gasteiger partial charge on any atom is 0.337 e. The van der Waals surface area contributed by atoms with Crippen LogP contribution in [-0.4, -0.2) is 59.8 Å². The van der Waals surface area contributed by atoms with Gasteiger partial charge in [0.25, 0.3) is 0 Å². The number of carbonyl (C=O) groups is 2. The zero-order valence-corrected chi connectivity index (χ0v) is 15.0. The van der Waals surface area contributed by atoms with Gasteiger partial charge in [-0.3, -0.25) is 9.48 Å². The van der Waals surface area contributed by atoms with E-state index in [-0.39, 0.29) is 11.9 Å². The fraction of sp³-hybridized carbons (Fsp3) is 0.421. The van der Waals surface area contributed by atoms with E-state index < -0.39 is 0 Å². The molecule has 1 amide bonds. The molecule has 138 valence electrons. The van der Waals surface area contributed by atoms with Crippen LogP contribution < -0.4 is 4.90 Å². The van der Waals surface area contributed by atoms with Crippen LogP contribution >= 0.6 is 0 Å². The molecule has 1 saturated heterocycles. The van der Waals surface area contributed by atoms with Crippen LogP contribution in [0.5, 0.6) is 0 Å². The quantitative estimate of drug-likeness (QED) is 0.739. The molecule has 0 bridgehead atoms. The van der Waals surface area contributed by atoms with E-state index in [1.807, 2.05) is 34.0 Å². The molecule has 2 aromatic rings. The molecule has 0 saturated carbocycles. The summed E-state index contributed by atoms with van der Waals surface area (Å²) in [7, 11) is 1.38. The number of piperazine rings is 1. The van der Waals surface area contributed by atoms with Crippen molar-refractivity contribution in [3.63, 3.8) is 0 Å². The highest BCUT2D eigenvalue weighted by atomic mass is 16.5. The number of ether oxygens (including phenoxy) is 1. The highest BCUT2D eigenvalue weighted by Gasteiger charge is 2.21. The predicted molar refractivity (Wildman–Crippen MR) is 98.0 cm³/mol. The monoisotopic (exact) mass is 356 g/mol. The standard InChI is InChI=1S/C19H24N4O3/c1-26-19(25)16-5-7-17(8-6-16)21-12-14-22(15-13-21)18(24)4-2-10-23-11-3-9-20-23/h3,5-9,11H,2,4,10,12-15H2,1H3. The largest absolute Gasteiger partial charge is 0.465 e. The number of carbonyl (C=O) groups excluding carboxylic acids is 2. The fourth-order valence-corrected chi connectivity index (χ4v) is 3.12. The number of aromatic nitrogens is 2. The van der Waals surface area contributed by atoms with E-state index in [0.29, 0.717) is 12.0 Å². The maximum absolute atomic E-state index is 12.3. The third-order valence-corrected chi connectivity index (χ3v) is 4.62. The Morgan fingerprint density at radius 2 is 1.85 bits per heavy atom. The summed E-state index contributed by atoms with van der Waals surface area (Å²) in [5.41, 5.74) is 1.60. The molecule has 0 spiro atoms. The van der Waals surface area contributed by atoms with Crippen LogP contribution in [0.3, 0.4) is 0 Å². The Morgan fingerprint density at radius 3 is 2.46 bits per heavy atom. The highest BCUT2D eigenvalue weighted by molar-refractivity contribution is 5.89. The number of anilines is 1. The molecule has 1 aromatic carbocycles. The van der Waals surface area contributed by atoms with E-state index in [1.54, 1.807) is 18.3 Å². The van der Waals surface area contributed by atoms with Gasteiger partial charge in [-0.1, -0.05) is 0 Å². The molecule has 1 aliphatic heterocycles. The highest BCUT2D eigenvalue weighted by Crippen LogP contribution is 2.18. The van der Waals surface area contributed by atoms with Gasteiger partial charge < -0.3 is 14.5 Å². The van der Waals surface area contributed by atoms with E-state index in [0.717, 1.165) is 44.8 Å². The summed E-state index contributed by atoms with van der Waals surface area (Å²) in [6, 6.07) is 9.28. The summed E-state index contributed by atoms with van der Waals surface area (Å²) >= 11 is 0. The molecule has 1 aliphatic rings. The summed E-state index contributed by atoms with van der Waals surface area (Å²) in [5, 5.41) is 4.15. The number of rotatable bonds is 6. The third-order valence-electron chi connectivity index (χ3n) is 4.62. The first kappa shape index (κ1) is 18.0. The normalized spacial score (nSPS) is 14.3. The lowest BCUT2D eigenvalue weighted by molar-refractivity contribution is -0.131. The average molecular weight is 356 g/mol. The van der Waals surface area contributed by atoms with Gasteiger partial charge >= 0.3 is 5.97 Å². The van der Waals surface area contributed by atoms with Gasteiger partial charge in [-0.2, -0.15) is 5.10 Å². The molecule has 3 rings (SSSR count). The molecule has 1 fully saturated rings. The molecule has 0 radical (unpaired) electrons. The Hall–Kier alpha value is -2.83. The number of aryl methyl sites for hydroxylation is 1. The van der Waals surface area contributed by atoms with Crippen molar-refractivity contribution in [3.8, 4) is 0 Å². The van der Waals surface area contributed by atoms with Gasteiger partial charge in [-0.05, 0) is 36.8 Å². The van der Waals surface area contributed by atoms with Gasteiger partial charge in [0.2, 0.25) is 5.91 Å². The Kier molecular flexibility index (Phi) is 5.88. The summed E-state index contributed by atoms with van der Waals surface area (Å²) in [6.45, 7) is 3.80. The maximum atomic E-state index is 12.3. The molecular weight excluding hydrogens is 332 g/mol. The summed E-state index contributed by atoms with van der Waals surface area (Å²) in [4.78, 5) is 28.0. The molecule has 7 nitrogen and oxygen atoms in total. The third kappa shape index (κ3) is 4.41. The smallest absolute Gasteiger partial charge is 0.337 e. The lowest BCUT2D eigenvalue weighted by Crippen LogP contribution is -2.48. The molecule has 26 heavy (non-hydrogen) atoms. The summed E-state index contributed by atoms with van der Waals surface area (Å²) in [5.74, 6) is -0.125. The second-order valence-corrected chi connectivity index (χ2v) is 6.28. The Bertz CT molecular complexity index is 720. The van der Waals surface area contributed by atoms with Crippen LogP contribution in [-0.2, 0) is 16.1 Å². The molecule has 1 aromatic heterocycles. The first-order chi connectivity index (χ1) is 12.7. The SMILES string of the molecule is COC(=O)c1ccc(N2CCN(C(=O)CCCn3cccn3)CC2)cc1. The predicted octanol–water partition coefficient (Wildman–Crippen LogP) is 1.80.